The molecule has 0 aliphatic heterocycles. The second-order valence-corrected chi connectivity index (χ2v) is 11.0. The van der Waals surface area contributed by atoms with Gasteiger partial charge in [0.25, 0.3) is 0 Å². The molecule has 2 aromatic carbocycles. The Hall–Kier alpha value is -4.15. The predicted molar refractivity (Wildman–Crippen MR) is 152 cm³/mol. The first-order valence-corrected chi connectivity index (χ1v) is 13.5. The number of para-hydroxylation sites is 1. The van der Waals surface area contributed by atoms with Crippen LogP contribution in [0.15, 0.2) is 65.6 Å². The Balaban J connectivity index is 1.12. The minimum atomic E-state index is -0.735. The van der Waals surface area contributed by atoms with Crippen LogP contribution in [0, 0.1) is 5.92 Å². The monoisotopic (exact) mass is 545 g/mol. The van der Waals surface area contributed by atoms with Gasteiger partial charge < -0.3 is 30.6 Å². The first-order valence-electron chi connectivity index (χ1n) is 13.5. The molecule has 10 heteroatoms. The molecular weight excluding hydrogens is 510 g/mol. The molecule has 10 nitrogen and oxygen atoms in total. The zero-order valence-electron chi connectivity index (χ0n) is 22.7. The molecule has 0 saturated heterocycles. The molecule has 2 aromatic heterocycles. The van der Waals surface area contributed by atoms with Crippen LogP contribution in [-0.2, 0) is 13.0 Å². The largest absolute Gasteiger partial charge is 0.489 e. The smallest absolute Gasteiger partial charge is 0.326 e. The molecular formula is C30H35N5O5. The van der Waals surface area contributed by atoms with Crippen molar-refractivity contribution in [1.29, 1.82) is 0 Å². The van der Waals surface area contributed by atoms with Crippen LogP contribution in [0.2, 0.25) is 0 Å². The maximum atomic E-state index is 12.5. The third-order valence-corrected chi connectivity index (χ3v) is 6.95. The van der Waals surface area contributed by atoms with Crippen molar-refractivity contribution in [2.75, 3.05) is 13.2 Å². The van der Waals surface area contributed by atoms with Crippen LogP contribution in [0.1, 0.15) is 42.6 Å². The molecule has 0 unspecified atom stereocenters. The number of amides is 1. The number of hydrogen-bond donors (Lipinski definition) is 4. The van der Waals surface area contributed by atoms with Crippen molar-refractivity contribution < 1.29 is 19.4 Å². The molecule has 0 radical (unpaired) electrons. The van der Waals surface area contributed by atoms with Crippen molar-refractivity contribution in [2.24, 2.45) is 11.7 Å². The standard InChI is InChI=1S/C30H35N5O5/c1-30(2,14-19-8-11-23(12-9-19)40-26-13-10-21(15-32-26)28(31)37)33-16-22(36)18-39-25-5-3-4-24-27(25)35(29(38)34-24)17-20-6-7-20/h3-5,8-13,15,20,22,33,36H,6-7,14,16-18H2,1-2H3,(H2,31,37)(H,34,38)/t22-/m0/s1. The van der Waals surface area contributed by atoms with E-state index in [4.69, 9.17) is 15.2 Å². The van der Waals surface area contributed by atoms with Gasteiger partial charge in [-0.2, -0.15) is 0 Å². The van der Waals surface area contributed by atoms with Crippen molar-refractivity contribution in [2.45, 2.75) is 51.3 Å². The number of aromatic amines is 1. The lowest BCUT2D eigenvalue weighted by Gasteiger charge is -2.28. The number of fused-ring (bicyclic) bond motifs is 1. The van der Waals surface area contributed by atoms with Gasteiger partial charge in [-0.1, -0.05) is 18.2 Å². The number of pyridine rings is 1. The van der Waals surface area contributed by atoms with Gasteiger partial charge in [-0.3, -0.25) is 9.36 Å². The average molecular weight is 546 g/mol. The van der Waals surface area contributed by atoms with E-state index >= 15 is 0 Å². The van der Waals surface area contributed by atoms with E-state index in [-0.39, 0.29) is 17.8 Å². The van der Waals surface area contributed by atoms with Crippen molar-refractivity contribution in [3.8, 4) is 17.4 Å². The summed E-state index contributed by atoms with van der Waals surface area (Å²) in [4.78, 5) is 30.7. The van der Waals surface area contributed by atoms with Crippen LogP contribution in [-0.4, -0.2) is 50.3 Å². The second-order valence-electron chi connectivity index (χ2n) is 11.0. The van der Waals surface area contributed by atoms with Crippen molar-refractivity contribution in [1.82, 2.24) is 19.9 Å². The number of rotatable bonds is 13. The Kier molecular flexibility index (Phi) is 7.90. The molecule has 40 heavy (non-hydrogen) atoms. The van der Waals surface area contributed by atoms with E-state index in [2.05, 4.69) is 29.1 Å². The molecule has 0 spiro atoms. The van der Waals surface area contributed by atoms with E-state index in [0.29, 0.717) is 41.9 Å². The van der Waals surface area contributed by atoms with Gasteiger partial charge >= 0.3 is 5.69 Å². The number of hydrogen-bond acceptors (Lipinski definition) is 7. The summed E-state index contributed by atoms with van der Waals surface area (Å²) in [5.74, 6) is 1.60. The highest BCUT2D eigenvalue weighted by Gasteiger charge is 2.25. The summed E-state index contributed by atoms with van der Waals surface area (Å²) in [5.41, 5.74) is 7.74. The van der Waals surface area contributed by atoms with E-state index in [1.165, 1.54) is 6.20 Å². The van der Waals surface area contributed by atoms with Crippen molar-refractivity contribution >= 4 is 16.9 Å². The van der Waals surface area contributed by atoms with Gasteiger partial charge in [-0.25, -0.2) is 9.78 Å². The van der Waals surface area contributed by atoms with E-state index in [1.54, 1.807) is 16.7 Å². The van der Waals surface area contributed by atoms with Crippen LogP contribution >= 0.6 is 0 Å². The fourth-order valence-corrected chi connectivity index (χ4v) is 4.63. The summed E-state index contributed by atoms with van der Waals surface area (Å²) in [6, 6.07) is 16.4. The van der Waals surface area contributed by atoms with Crippen LogP contribution in [0.3, 0.4) is 0 Å². The van der Waals surface area contributed by atoms with E-state index in [9.17, 15) is 14.7 Å². The molecule has 210 valence electrons. The first kappa shape index (κ1) is 27.4. The number of imidazole rings is 1. The molecule has 5 rings (SSSR count). The quantitative estimate of drug-likeness (QED) is 0.202. The Morgan fingerprint density at radius 2 is 1.98 bits per heavy atom. The summed E-state index contributed by atoms with van der Waals surface area (Å²) < 4.78 is 13.5. The van der Waals surface area contributed by atoms with Crippen molar-refractivity contribution in [3.05, 3.63) is 82.4 Å². The first-order chi connectivity index (χ1) is 19.2. The summed E-state index contributed by atoms with van der Waals surface area (Å²) in [7, 11) is 0. The van der Waals surface area contributed by atoms with Crippen LogP contribution < -0.4 is 26.2 Å². The van der Waals surface area contributed by atoms with E-state index < -0.39 is 12.0 Å². The lowest BCUT2D eigenvalue weighted by Crippen LogP contribution is -2.46. The highest BCUT2D eigenvalue weighted by molar-refractivity contribution is 5.92. The van der Waals surface area contributed by atoms with Gasteiger partial charge in [0.05, 0.1) is 11.1 Å². The summed E-state index contributed by atoms with van der Waals surface area (Å²) in [6.45, 7) is 5.29. The number of aliphatic hydroxyl groups is 1. The fourth-order valence-electron chi connectivity index (χ4n) is 4.63. The van der Waals surface area contributed by atoms with Crippen LogP contribution in [0.4, 0.5) is 0 Å². The van der Waals surface area contributed by atoms with Gasteiger partial charge in [0.15, 0.2) is 0 Å². The number of benzene rings is 2. The van der Waals surface area contributed by atoms with Gasteiger partial charge in [-0.15, -0.1) is 0 Å². The molecule has 0 bridgehead atoms. The summed E-state index contributed by atoms with van der Waals surface area (Å²) in [6.07, 6.45) is 3.66. The Morgan fingerprint density at radius 1 is 1.20 bits per heavy atom. The molecule has 5 N–H and O–H groups in total. The molecule has 1 atom stereocenters. The van der Waals surface area contributed by atoms with Crippen molar-refractivity contribution in [3.63, 3.8) is 0 Å². The molecule has 1 aliphatic carbocycles. The maximum absolute atomic E-state index is 12.5. The number of carbonyl (C=O) groups excluding carboxylic acids is 1. The van der Waals surface area contributed by atoms with E-state index in [0.717, 1.165) is 35.9 Å². The number of β-amino-alcohol motifs (C(OH)–C–C–N with tert-alkyl or cyclic N) is 1. The lowest BCUT2D eigenvalue weighted by molar-refractivity contribution is 0.0993. The Bertz CT molecular complexity index is 1520. The zero-order chi connectivity index (χ0) is 28.3. The average Bonchev–Trinajstić information content (AvgIpc) is 3.69. The number of primary amides is 1. The number of nitrogens with zero attached hydrogens (tertiary/aromatic N) is 2. The Morgan fingerprint density at radius 3 is 2.65 bits per heavy atom. The molecule has 1 aliphatic rings. The van der Waals surface area contributed by atoms with Gasteiger partial charge in [0, 0.05) is 30.9 Å². The minimum Gasteiger partial charge on any atom is -0.489 e. The second kappa shape index (κ2) is 11.5. The number of carbonyl (C=O) groups is 1. The number of nitrogens with two attached hydrogens (primary N) is 1. The third-order valence-electron chi connectivity index (χ3n) is 6.95. The van der Waals surface area contributed by atoms with Gasteiger partial charge in [0.2, 0.25) is 11.8 Å². The molecule has 4 aromatic rings. The van der Waals surface area contributed by atoms with Crippen LogP contribution in [0.5, 0.6) is 17.4 Å². The normalized spacial score (nSPS) is 14.3. The molecule has 1 fully saturated rings. The molecule has 1 saturated carbocycles. The summed E-state index contributed by atoms with van der Waals surface area (Å²) >= 11 is 0. The summed E-state index contributed by atoms with van der Waals surface area (Å²) in [5, 5.41) is 14.1. The predicted octanol–water partition coefficient (Wildman–Crippen LogP) is 3.38. The van der Waals surface area contributed by atoms with Gasteiger partial charge in [-0.05, 0) is 74.9 Å². The SMILES string of the molecule is CC(C)(Cc1ccc(Oc2ccc(C(N)=O)cn2)cc1)NC[C@H](O)COc1cccc2[nH]c(=O)n(CC3CC3)c12. The molecule has 1 amide bonds. The lowest BCUT2D eigenvalue weighted by atomic mass is 9.94. The fraction of sp³-hybridized carbons (Fsp3) is 0.367. The highest BCUT2D eigenvalue weighted by Crippen LogP contribution is 2.32. The van der Waals surface area contributed by atoms with Gasteiger partial charge in [0.1, 0.15) is 29.7 Å². The zero-order valence-corrected chi connectivity index (χ0v) is 22.7. The third kappa shape index (κ3) is 6.88. The highest BCUT2D eigenvalue weighted by atomic mass is 16.5. The van der Waals surface area contributed by atoms with E-state index in [1.807, 2.05) is 42.5 Å². The number of ether oxygens (including phenoxy) is 2. The number of nitrogens with one attached hydrogen (secondary N) is 2. The topological polar surface area (TPSA) is 144 Å². The maximum Gasteiger partial charge on any atom is 0.326 e. The number of aromatic nitrogens is 3. The molecule has 2 heterocycles. The van der Waals surface area contributed by atoms with Crippen LogP contribution in [0.25, 0.3) is 11.0 Å². The number of aliphatic hydroxyl groups excluding tert-OH is 1. The Labute approximate surface area is 232 Å². The minimum absolute atomic E-state index is 0.103. The number of H-pyrrole nitrogens is 1.